The number of nitrogens with zero attached hydrogens (tertiary/aromatic N) is 2. The van der Waals surface area contributed by atoms with Crippen LogP contribution >= 0.6 is 0 Å². The van der Waals surface area contributed by atoms with Gasteiger partial charge in [-0.1, -0.05) is 18.6 Å². The Balaban J connectivity index is 1.67. The van der Waals surface area contributed by atoms with Crippen LogP contribution in [0.1, 0.15) is 30.4 Å². The van der Waals surface area contributed by atoms with Crippen molar-refractivity contribution in [3.8, 4) is 5.69 Å². The van der Waals surface area contributed by atoms with Crippen LogP contribution in [0.2, 0.25) is 0 Å². The first-order valence-electron chi connectivity index (χ1n) is 8.65. The van der Waals surface area contributed by atoms with E-state index in [4.69, 9.17) is 5.11 Å². The summed E-state index contributed by atoms with van der Waals surface area (Å²) in [5, 5.41) is 13.0. The lowest BCUT2D eigenvalue weighted by Gasteiger charge is -2.07. The third kappa shape index (κ3) is 4.25. The average molecular weight is 337 g/mol. The molecule has 0 radical (unpaired) electrons. The minimum Gasteiger partial charge on any atom is -0.392 e. The second kappa shape index (κ2) is 8.44. The average Bonchev–Trinajstić information content (AvgIpc) is 3.08. The highest BCUT2D eigenvalue weighted by molar-refractivity contribution is 5.78. The highest BCUT2D eigenvalue weighted by Gasteiger charge is 2.06. The van der Waals surface area contributed by atoms with Gasteiger partial charge in [0.25, 0.3) is 0 Å². The first-order chi connectivity index (χ1) is 12.3. The maximum absolute atomic E-state index is 10.2. The molecular formula is C20H23N3O2. The highest BCUT2D eigenvalue weighted by atomic mass is 16.3. The fourth-order valence-corrected chi connectivity index (χ4v) is 2.97. The molecule has 5 heteroatoms. The minimum absolute atomic E-state index is 0.0551. The van der Waals surface area contributed by atoms with Crippen molar-refractivity contribution in [3.05, 3.63) is 59.9 Å². The van der Waals surface area contributed by atoms with Crippen molar-refractivity contribution >= 4 is 17.4 Å². The molecule has 0 aliphatic rings. The van der Waals surface area contributed by atoms with Gasteiger partial charge in [-0.3, -0.25) is 4.79 Å². The molecule has 0 aliphatic heterocycles. The summed E-state index contributed by atoms with van der Waals surface area (Å²) in [4.78, 5) is 14.8. The summed E-state index contributed by atoms with van der Waals surface area (Å²) in [6.07, 6.45) is 8.92. The molecule has 3 rings (SSSR count). The van der Waals surface area contributed by atoms with Crippen LogP contribution in [0.15, 0.2) is 48.8 Å². The first kappa shape index (κ1) is 17.2. The van der Waals surface area contributed by atoms with Gasteiger partial charge in [0.05, 0.1) is 6.61 Å². The van der Waals surface area contributed by atoms with Crippen LogP contribution in [0.25, 0.3) is 16.7 Å². The smallest absolute Gasteiger partial charge is 0.207 e. The zero-order valence-electron chi connectivity index (χ0n) is 14.2. The molecule has 2 heterocycles. The van der Waals surface area contributed by atoms with E-state index in [9.17, 15) is 4.79 Å². The molecule has 0 unspecified atom stereocenters. The molecule has 1 amide bonds. The zero-order valence-corrected chi connectivity index (χ0v) is 14.2. The maximum Gasteiger partial charge on any atom is 0.207 e. The number of aryl methyl sites for hydroxylation is 1. The number of aliphatic hydroxyl groups is 1. The SMILES string of the molecule is O=CNCCCCCc1cnc2c(ccn2-c2ccc(CO)cc2)c1. The number of nitrogens with one attached hydrogen (secondary N) is 1. The molecule has 0 saturated carbocycles. The lowest BCUT2D eigenvalue weighted by molar-refractivity contribution is -0.109. The Bertz CT molecular complexity index is 825. The Morgan fingerprint density at radius 3 is 2.68 bits per heavy atom. The van der Waals surface area contributed by atoms with Crippen molar-refractivity contribution in [2.45, 2.75) is 32.3 Å². The van der Waals surface area contributed by atoms with Crippen molar-refractivity contribution in [2.75, 3.05) is 6.54 Å². The molecule has 2 N–H and O–H groups in total. The summed E-state index contributed by atoms with van der Waals surface area (Å²) < 4.78 is 2.06. The van der Waals surface area contributed by atoms with E-state index in [1.54, 1.807) is 0 Å². The molecule has 0 spiro atoms. The quantitative estimate of drug-likeness (QED) is 0.466. The Morgan fingerprint density at radius 1 is 1.08 bits per heavy atom. The standard InChI is InChI=1S/C20H23N3O2/c24-14-16-5-7-19(8-6-16)23-11-9-18-12-17(13-22-20(18)23)4-2-1-3-10-21-15-25/h5-9,11-13,15,24H,1-4,10,14H2,(H,21,25). The fraction of sp³-hybridized carbons (Fsp3) is 0.300. The lowest BCUT2D eigenvalue weighted by Crippen LogP contribution is -2.11. The third-order valence-corrected chi connectivity index (χ3v) is 4.35. The van der Waals surface area contributed by atoms with Crippen LogP contribution in [-0.2, 0) is 17.8 Å². The topological polar surface area (TPSA) is 67.2 Å². The Kier molecular flexibility index (Phi) is 5.80. The number of aromatic nitrogens is 2. The molecule has 3 aromatic rings. The number of aliphatic hydroxyl groups excluding tert-OH is 1. The van der Waals surface area contributed by atoms with Crippen LogP contribution in [0.3, 0.4) is 0 Å². The number of rotatable bonds is 9. The second-order valence-corrected chi connectivity index (χ2v) is 6.15. The van der Waals surface area contributed by atoms with E-state index in [2.05, 4.69) is 27.0 Å². The Labute approximate surface area is 147 Å². The largest absolute Gasteiger partial charge is 0.392 e. The molecule has 0 fully saturated rings. The molecule has 0 saturated heterocycles. The lowest BCUT2D eigenvalue weighted by atomic mass is 10.1. The number of fused-ring (bicyclic) bond motifs is 1. The number of hydrogen-bond acceptors (Lipinski definition) is 3. The molecule has 2 aromatic heterocycles. The van der Waals surface area contributed by atoms with Crippen molar-refractivity contribution in [1.29, 1.82) is 0 Å². The molecule has 130 valence electrons. The van der Waals surface area contributed by atoms with Gasteiger partial charge < -0.3 is 15.0 Å². The summed E-state index contributed by atoms with van der Waals surface area (Å²) in [6, 6.07) is 12.1. The van der Waals surface area contributed by atoms with Gasteiger partial charge in [0.2, 0.25) is 6.41 Å². The van der Waals surface area contributed by atoms with E-state index in [0.717, 1.165) is 60.9 Å². The molecule has 0 aliphatic carbocycles. The minimum atomic E-state index is 0.0551. The van der Waals surface area contributed by atoms with Crippen molar-refractivity contribution < 1.29 is 9.90 Å². The zero-order chi connectivity index (χ0) is 17.5. The van der Waals surface area contributed by atoms with E-state index in [1.807, 2.05) is 36.7 Å². The molecule has 0 atom stereocenters. The fourth-order valence-electron chi connectivity index (χ4n) is 2.97. The van der Waals surface area contributed by atoms with Gasteiger partial charge in [-0.15, -0.1) is 0 Å². The van der Waals surface area contributed by atoms with Crippen molar-refractivity contribution in [3.63, 3.8) is 0 Å². The molecule has 0 bridgehead atoms. The highest BCUT2D eigenvalue weighted by Crippen LogP contribution is 2.21. The molecule has 25 heavy (non-hydrogen) atoms. The first-order valence-corrected chi connectivity index (χ1v) is 8.65. The van der Waals surface area contributed by atoms with Crippen molar-refractivity contribution in [2.24, 2.45) is 0 Å². The van der Waals surface area contributed by atoms with Crippen LogP contribution < -0.4 is 5.32 Å². The number of unbranched alkanes of at least 4 members (excludes halogenated alkanes) is 2. The number of carbonyl (C=O) groups is 1. The predicted octanol–water partition coefficient (Wildman–Crippen LogP) is 2.98. The Hall–Kier alpha value is -2.66. The number of hydrogen-bond donors (Lipinski definition) is 2. The number of carbonyl (C=O) groups excluding carboxylic acids is 1. The summed E-state index contributed by atoms with van der Waals surface area (Å²) in [5.41, 5.74) is 4.12. The predicted molar refractivity (Wildman–Crippen MR) is 98.6 cm³/mol. The summed E-state index contributed by atoms with van der Waals surface area (Å²) >= 11 is 0. The van der Waals surface area contributed by atoms with Gasteiger partial charge in [-0.25, -0.2) is 4.98 Å². The van der Waals surface area contributed by atoms with E-state index in [-0.39, 0.29) is 6.61 Å². The summed E-state index contributed by atoms with van der Waals surface area (Å²) in [7, 11) is 0. The van der Waals surface area contributed by atoms with E-state index in [0.29, 0.717) is 0 Å². The number of amides is 1. The van der Waals surface area contributed by atoms with Crippen LogP contribution in [-0.4, -0.2) is 27.6 Å². The Morgan fingerprint density at radius 2 is 1.92 bits per heavy atom. The van der Waals surface area contributed by atoms with Gasteiger partial charge in [0.1, 0.15) is 5.65 Å². The van der Waals surface area contributed by atoms with Gasteiger partial charge in [-0.05, 0) is 54.7 Å². The van der Waals surface area contributed by atoms with E-state index in [1.165, 1.54) is 5.56 Å². The second-order valence-electron chi connectivity index (χ2n) is 6.15. The normalized spacial score (nSPS) is 10.9. The van der Waals surface area contributed by atoms with Crippen LogP contribution in [0.5, 0.6) is 0 Å². The van der Waals surface area contributed by atoms with E-state index < -0.39 is 0 Å². The van der Waals surface area contributed by atoms with Gasteiger partial charge in [0, 0.05) is 30.0 Å². The van der Waals surface area contributed by atoms with Crippen LogP contribution in [0.4, 0.5) is 0 Å². The third-order valence-electron chi connectivity index (χ3n) is 4.35. The maximum atomic E-state index is 10.2. The summed E-state index contributed by atoms with van der Waals surface area (Å²) in [5.74, 6) is 0. The van der Waals surface area contributed by atoms with E-state index >= 15 is 0 Å². The molecule has 5 nitrogen and oxygen atoms in total. The molecule has 1 aromatic carbocycles. The monoisotopic (exact) mass is 337 g/mol. The number of benzene rings is 1. The molecular weight excluding hydrogens is 314 g/mol. The van der Waals surface area contributed by atoms with Gasteiger partial charge in [-0.2, -0.15) is 0 Å². The van der Waals surface area contributed by atoms with Gasteiger partial charge in [0.15, 0.2) is 0 Å². The summed E-state index contributed by atoms with van der Waals surface area (Å²) in [6.45, 7) is 0.804. The number of pyridine rings is 1. The van der Waals surface area contributed by atoms with Crippen molar-refractivity contribution in [1.82, 2.24) is 14.9 Å². The van der Waals surface area contributed by atoms with Crippen LogP contribution in [0, 0.1) is 0 Å². The van der Waals surface area contributed by atoms with Gasteiger partial charge >= 0.3 is 0 Å².